The number of ether oxygens (including phenoxy) is 3. The van der Waals surface area contributed by atoms with E-state index >= 15 is 0 Å². The topological polar surface area (TPSA) is 63.3 Å². The first-order chi connectivity index (χ1) is 14.5. The zero-order valence-corrected chi connectivity index (χ0v) is 18.2. The van der Waals surface area contributed by atoms with E-state index in [1.807, 2.05) is 0 Å². The van der Waals surface area contributed by atoms with Crippen molar-refractivity contribution in [2.24, 2.45) is 0 Å². The van der Waals surface area contributed by atoms with Gasteiger partial charge in [-0.05, 0) is 24.6 Å². The molecule has 1 aliphatic rings. The van der Waals surface area contributed by atoms with Crippen molar-refractivity contribution in [3.05, 3.63) is 42.0 Å². The number of piperazine rings is 1. The van der Waals surface area contributed by atoms with Crippen LogP contribution in [0.4, 0.5) is 11.4 Å². The lowest BCUT2D eigenvalue weighted by Crippen LogP contribution is -2.47. The molecule has 0 atom stereocenters. The normalized spacial score (nSPS) is 14.3. The van der Waals surface area contributed by atoms with Gasteiger partial charge in [0.1, 0.15) is 0 Å². The van der Waals surface area contributed by atoms with Gasteiger partial charge < -0.3 is 24.4 Å². The summed E-state index contributed by atoms with van der Waals surface area (Å²) in [5, 5.41) is 2.93. The highest BCUT2D eigenvalue weighted by molar-refractivity contribution is 5.91. The number of benzene rings is 2. The number of rotatable bonds is 8. The van der Waals surface area contributed by atoms with E-state index in [0.717, 1.165) is 32.7 Å². The molecule has 7 heteroatoms. The Morgan fingerprint density at radius 1 is 0.967 bits per heavy atom. The van der Waals surface area contributed by atoms with Crippen LogP contribution in [0.25, 0.3) is 0 Å². The van der Waals surface area contributed by atoms with Crippen LogP contribution in [0.3, 0.4) is 0 Å². The Balaban J connectivity index is 1.50. The maximum atomic E-state index is 12.5. The molecule has 30 heavy (non-hydrogen) atoms. The second kappa shape index (κ2) is 10.2. The van der Waals surface area contributed by atoms with E-state index in [0.29, 0.717) is 29.4 Å². The molecule has 7 nitrogen and oxygen atoms in total. The molecule has 0 spiro atoms. The number of nitrogens with one attached hydrogen (secondary N) is 1. The van der Waals surface area contributed by atoms with Crippen molar-refractivity contribution in [1.29, 1.82) is 0 Å². The number of carbonyl (C=O) groups excluding carboxylic acids is 1. The molecule has 0 radical (unpaired) electrons. The summed E-state index contributed by atoms with van der Waals surface area (Å²) in [4.78, 5) is 17.2. The van der Waals surface area contributed by atoms with E-state index in [9.17, 15) is 4.79 Å². The molecule has 2 aromatic rings. The molecule has 1 heterocycles. The summed E-state index contributed by atoms with van der Waals surface area (Å²) >= 11 is 0. The maximum Gasteiger partial charge on any atom is 0.225 e. The molecule has 0 bridgehead atoms. The minimum Gasteiger partial charge on any atom is -0.493 e. The summed E-state index contributed by atoms with van der Waals surface area (Å²) in [6.45, 7) is 6.69. The molecule has 1 aliphatic heterocycles. The number of anilines is 2. The van der Waals surface area contributed by atoms with Crippen molar-refractivity contribution in [1.82, 2.24) is 4.90 Å². The Hall–Kier alpha value is -2.93. The van der Waals surface area contributed by atoms with Gasteiger partial charge in [0.15, 0.2) is 11.5 Å². The van der Waals surface area contributed by atoms with Crippen molar-refractivity contribution in [3.63, 3.8) is 0 Å². The van der Waals surface area contributed by atoms with Crippen LogP contribution in [0, 0.1) is 6.92 Å². The molecular weight excluding hydrogens is 382 g/mol. The van der Waals surface area contributed by atoms with Gasteiger partial charge in [0, 0.05) is 62.7 Å². The average Bonchev–Trinajstić information content (AvgIpc) is 2.77. The highest BCUT2D eigenvalue weighted by Gasteiger charge is 2.19. The van der Waals surface area contributed by atoms with Crippen LogP contribution in [-0.4, -0.2) is 64.9 Å². The van der Waals surface area contributed by atoms with Crippen LogP contribution in [-0.2, 0) is 4.79 Å². The zero-order chi connectivity index (χ0) is 21.5. The van der Waals surface area contributed by atoms with E-state index < -0.39 is 0 Å². The number of methoxy groups -OCH3 is 3. The number of hydrogen-bond donors (Lipinski definition) is 1. The highest BCUT2D eigenvalue weighted by atomic mass is 16.5. The first kappa shape index (κ1) is 21.8. The summed E-state index contributed by atoms with van der Waals surface area (Å²) in [5.41, 5.74) is 3.17. The van der Waals surface area contributed by atoms with Crippen LogP contribution >= 0.6 is 0 Å². The lowest BCUT2D eigenvalue weighted by atomic mass is 10.2. The summed E-state index contributed by atoms with van der Waals surface area (Å²) in [5.74, 6) is 1.49. The lowest BCUT2D eigenvalue weighted by Gasteiger charge is -2.36. The Kier molecular flexibility index (Phi) is 7.41. The van der Waals surface area contributed by atoms with E-state index in [-0.39, 0.29) is 5.91 Å². The van der Waals surface area contributed by atoms with Gasteiger partial charge in [0.2, 0.25) is 11.7 Å². The van der Waals surface area contributed by atoms with Crippen molar-refractivity contribution < 1.29 is 19.0 Å². The standard InChI is InChI=1S/C23H31N3O4/c1-17-6-5-7-19(14-17)26-12-10-25(11-13-26)9-8-22(27)24-18-15-20(28-2)23(30-4)21(16-18)29-3/h5-7,14-16H,8-13H2,1-4H3,(H,24,27). The quantitative estimate of drug-likeness (QED) is 0.717. The van der Waals surface area contributed by atoms with Gasteiger partial charge in [0.05, 0.1) is 21.3 Å². The van der Waals surface area contributed by atoms with E-state index in [1.54, 1.807) is 33.5 Å². The number of amides is 1. The van der Waals surface area contributed by atoms with Crippen LogP contribution in [0.2, 0.25) is 0 Å². The molecule has 2 aromatic carbocycles. The van der Waals surface area contributed by atoms with Gasteiger partial charge in [-0.2, -0.15) is 0 Å². The van der Waals surface area contributed by atoms with Gasteiger partial charge in [-0.25, -0.2) is 0 Å². The van der Waals surface area contributed by atoms with Crippen LogP contribution in [0.1, 0.15) is 12.0 Å². The fraction of sp³-hybridized carbons (Fsp3) is 0.435. The van der Waals surface area contributed by atoms with E-state index in [2.05, 4.69) is 46.3 Å². The predicted molar refractivity (Wildman–Crippen MR) is 119 cm³/mol. The largest absolute Gasteiger partial charge is 0.493 e. The summed E-state index contributed by atoms with van der Waals surface area (Å²) in [6, 6.07) is 12.1. The molecule has 0 unspecified atom stereocenters. The monoisotopic (exact) mass is 413 g/mol. The van der Waals surface area contributed by atoms with Gasteiger partial charge in [-0.1, -0.05) is 12.1 Å². The molecule has 1 N–H and O–H groups in total. The van der Waals surface area contributed by atoms with Crippen LogP contribution < -0.4 is 24.4 Å². The Morgan fingerprint density at radius 2 is 1.63 bits per heavy atom. The third-order valence-electron chi connectivity index (χ3n) is 5.34. The molecule has 0 aliphatic carbocycles. The molecule has 162 valence electrons. The molecule has 1 fully saturated rings. The second-order valence-corrected chi connectivity index (χ2v) is 7.38. The van der Waals surface area contributed by atoms with Crippen LogP contribution in [0.15, 0.2) is 36.4 Å². The fourth-order valence-electron chi connectivity index (χ4n) is 3.69. The Morgan fingerprint density at radius 3 is 2.20 bits per heavy atom. The smallest absolute Gasteiger partial charge is 0.225 e. The second-order valence-electron chi connectivity index (χ2n) is 7.38. The fourth-order valence-corrected chi connectivity index (χ4v) is 3.69. The minimum atomic E-state index is -0.0367. The van der Waals surface area contributed by atoms with E-state index in [4.69, 9.17) is 14.2 Å². The molecule has 3 rings (SSSR count). The summed E-state index contributed by atoms with van der Waals surface area (Å²) in [7, 11) is 4.66. The lowest BCUT2D eigenvalue weighted by molar-refractivity contribution is -0.116. The summed E-state index contributed by atoms with van der Waals surface area (Å²) < 4.78 is 16.0. The molecule has 1 amide bonds. The van der Waals surface area contributed by atoms with Gasteiger partial charge >= 0.3 is 0 Å². The summed E-state index contributed by atoms with van der Waals surface area (Å²) in [6.07, 6.45) is 0.432. The van der Waals surface area contributed by atoms with Crippen molar-refractivity contribution in [2.75, 3.05) is 64.3 Å². The SMILES string of the molecule is COc1cc(NC(=O)CCN2CCN(c3cccc(C)c3)CC2)cc(OC)c1OC. The van der Waals surface area contributed by atoms with Crippen molar-refractivity contribution >= 4 is 17.3 Å². The van der Waals surface area contributed by atoms with Crippen molar-refractivity contribution in [2.45, 2.75) is 13.3 Å². The Bertz CT molecular complexity index is 838. The number of hydrogen-bond acceptors (Lipinski definition) is 6. The van der Waals surface area contributed by atoms with Gasteiger partial charge in [-0.3, -0.25) is 9.69 Å². The Labute approximate surface area is 178 Å². The number of aryl methyl sites for hydroxylation is 1. The molecule has 0 saturated carbocycles. The minimum absolute atomic E-state index is 0.0367. The van der Waals surface area contributed by atoms with Gasteiger partial charge in [-0.15, -0.1) is 0 Å². The first-order valence-electron chi connectivity index (χ1n) is 10.2. The molecular formula is C23H31N3O4. The third-order valence-corrected chi connectivity index (χ3v) is 5.34. The molecule has 0 aromatic heterocycles. The highest BCUT2D eigenvalue weighted by Crippen LogP contribution is 2.39. The number of carbonyl (C=O) groups is 1. The zero-order valence-electron chi connectivity index (χ0n) is 18.2. The predicted octanol–water partition coefficient (Wildman–Crippen LogP) is 3.17. The average molecular weight is 414 g/mol. The third kappa shape index (κ3) is 5.36. The first-order valence-corrected chi connectivity index (χ1v) is 10.2. The van der Waals surface area contributed by atoms with Crippen molar-refractivity contribution in [3.8, 4) is 17.2 Å². The maximum absolute atomic E-state index is 12.5. The van der Waals surface area contributed by atoms with E-state index in [1.165, 1.54) is 11.3 Å². The molecule has 1 saturated heterocycles. The van der Waals surface area contributed by atoms with Crippen LogP contribution in [0.5, 0.6) is 17.2 Å². The number of nitrogens with zero attached hydrogens (tertiary/aromatic N) is 2. The van der Waals surface area contributed by atoms with Gasteiger partial charge in [0.25, 0.3) is 0 Å².